The van der Waals surface area contributed by atoms with Gasteiger partial charge in [-0.25, -0.2) is 0 Å². The molecular formula is C19H23N3O2. The zero-order valence-electron chi connectivity index (χ0n) is 14.3. The average molecular weight is 325 g/mol. The average Bonchev–Trinajstić information content (AvgIpc) is 2.53. The summed E-state index contributed by atoms with van der Waals surface area (Å²) >= 11 is 0. The predicted molar refractivity (Wildman–Crippen MR) is 95.7 cm³/mol. The maximum absolute atomic E-state index is 11.7. The molecule has 2 amide bonds. The SMILES string of the molecule is CCC1(C(NC(C)=O)NC(C)=O)Cc2cccc3cccc(c23)N1. The summed E-state index contributed by atoms with van der Waals surface area (Å²) in [5.74, 6) is -0.333. The van der Waals surface area contributed by atoms with Gasteiger partial charge in [-0.2, -0.15) is 0 Å². The summed E-state index contributed by atoms with van der Waals surface area (Å²) in [5, 5.41) is 11.8. The first kappa shape index (κ1) is 16.3. The summed E-state index contributed by atoms with van der Waals surface area (Å²) in [7, 11) is 0. The van der Waals surface area contributed by atoms with Crippen LogP contribution in [0.25, 0.3) is 10.8 Å². The second-order valence-electron chi connectivity index (χ2n) is 6.47. The molecule has 1 aliphatic rings. The summed E-state index contributed by atoms with van der Waals surface area (Å²) in [5.41, 5.74) is 1.79. The fourth-order valence-electron chi connectivity index (χ4n) is 3.63. The summed E-state index contributed by atoms with van der Waals surface area (Å²) < 4.78 is 0. The van der Waals surface area contributed by atoms with Gasteiger partial charge in [0.25, 0.3) is 0 Å². The van der Waals surface area contributed by atoms with Gasteiger partial charge in [-0.15, -0.1) is 0 Å². The normalized spacial score (nSPS) is 19.0. The molecule has 2 aromatic carbocycles. The van der Waals surface area contributed by atoms with E-state index >= 15 is 0 Å². The van der Waals surface area contributed by atoms with Gasteiger partial charge in [-0.1, -0.05) is 37.3 Å². The fraction of sp³-hybridized carbons (Fsp3) is 0.368. The Bertz CT molecular complexity index is 744. The molecule has 1 aliphatic heterocycles. The van der Waals surface area contributed by atoms with Crippen LogP contribution in [-0.4, -0.2) is 23.5 Å². The van der Waals surface area contributed by atoms with E-state index in [4.69, 9.17) is 0 Å². The lowest BCUT2D eigenvalue weighted by molar-refractivity contribution is -0.123. The molecule has 0 aromatic heterocycles. The van der Waals surface area contributed by atoms with Crippen molar-refractivity contribution in [1.29, 1.82) is 0 Å². The number of carbonyl (C=O) groups excluding carboxylic acids is 2. The molecule has 0 bridgehead atoms. The van der Waals surface area contributed by atoms with Crippen molar-refractivity contribution in [2.45, 2.75) is 45.3 Å². The van der Waals surface area contributed by atoms with Crippen LogP contribution in [0.5, 0.6) is 0 Å². The van der Waals surface area contributed by atoms with Crippen molar-refractivity contribution in [2.24, 2.45) is 0 Å². The molecule has 1 unspecified atom stereocenters. The van der Waals surface area contributed by atoms with Crippen molar-refractivity contribution in [3.8, 4) is 0 Å². The van der Waals surface area contributed by atoms with Gasteiger partial charge >= 0.3 is 0 Å². The maximum atomic E-state index is 11.7. The molecule has 0 spiro atoms. The lowest BCUT2D eigenvalue weighted by atomic mass is 9.79. The Balaban J connectivity index is 2.07. The molecule has 2 aromatic rings. The molecule has 3 N–H and O–H groups in total. The van der Waals surface area contributed by atoms with Crippen molar-refractivity contribution >= 4 is 28.3 Å². The Morgan fingerprint density at radius 3 is 2.33 bits per heavy atom. The van der Waals surface area contributed by atoms with E-state index < -0.39 is 11.7 Å². The standard InChI is InChI=1S/C19H23N3O2/c1-4-19(18(20-12(2)23)21-13(3)24)11-15-9-5-7-14-8-6-10-16(22-19)17(14)15/h5-10,18,22H,4,11H2,1-3H3,(H,20,23)(H,21,24). The summed E-state index contributed by atoms with van der Waals surface area (Å²) in [6.45, 7) is 5.00. The number of amides is 2. The Kier molecular flexibility index (Phi) is 4.18. The third kappa shape index (κ3) is 2.82. The van der Waals surface area contributed by atoms with Crippen molar-refractivity contribution in [1.82, 2.24) is 10.6 Å². The van der Waals surface area contributed by atoms with Crippen LogP contribution >= 0.6 is 0 Å². The van der Waals surface area contributed by atoms with Crippen LogP contribution in [0.4, 0.5) is 5.69 Å². The number of rotatable bonds is 4. The van der Waals surface area contributed by atoms with Crippen molar-refractivity contribution in [3.63, 3.8) is 0 Å². The number of carbonyl (C=O) groups is 2. The highest BCUT2D eigenvalue weighted by Gasteiger charge is 2.41. The first-order chi connectivity index (χ1) is 11.4. The Labute approximate surface area is 141 Å². The van der Waals surface area contributed by atoms with Crippen LogP contribution in [0.1, 0.15) is 32.8 Å². The summed E-state index contributed by atoms with van der Waals surface area (Å²) in [6, 6.07) is 12.4. The van der Waals surface area contributed by atoms with Crippen LogP contribution < -0.4 is 16.0 Å². The van der Waals surface area contributed by atoms with Crippen LogP contribution in [0, 0.1) is 0 Å². The molecule has 24 heavy (non-hydrogen) atoms. The first-order valence-electron chi connectivity index (χ1n) is 8.28. The number of hydrogen-bond donors (Lipinski definition) is 3. The molecule has 5 nitrogen and oxygen atoms in total. The molecular weight excluding hydrogens is 302 g/mol. The monoisotopic (exact) mass is 325 g/mol. The zero-order valence-corrected chi connectivity index (χ0v) is 14.3. The Morgan fingerprint density at radius 1 is 1.12 bits per heavy atom. The molecule has 3 rings (SSSR count). The number of anilines is 1. The van der Waals surface area contributed by atoms with E-state index in [9.17, 15) is 9.59 Å². The lowest BCUT2D eigenvalue weighted by Crippen LogP contribution is -2.65. The van der Waals surface area contributed by atoms with E-state index in [0.717, 1.165) is 18.5 Å². The van der Waals surface area contributed by atoms with Gasteiger partial charge in [-0.3, -0.25) is 9.59 Å². The van der Waals surface area contributed by atoms with E-state index in [0.29, 0.717) is 0 Å². The quantitative estimate of drug-likeness (QED) is 0.757. The zero-order chi connectivity index (χ0) is 17.3. The molecule has 0 saturated heterocycles. The molecule has 0 saturated carbocycles. The Morgan fingerprint density at radius 2 is 1.75 bits per heavy atom. The van der Waals surface area contributed by atoms with Crippen molar-refractivity contribution < 1.29 is 9.59 Å². The molecule has 0 radical (unpaired) electrons. The Hall–Kier alpha value is -2.56. The number of benzene rings is 2. The number of hydrogen-bond acceptors (Lipinski definition) is 3. The van der Waals surface area contributed by atoms with Crippen LogP contribution in [-0.2, 0) is 16.0 Å². The molecule has 5 heteroatoms. The van der Waals surface area contributed by atoms with Gasteiger partial charge in [0.1, 0.15) is 6.17 Å². The predicted octanol–water partition coefficient (Wildman–Crippen LogP) is 2.55. The smallest absolute Gasteiger partial charge is 0.218 e. The minimum atomic E-state index is -0.485. The van der Waals surface area contributed by atoms with Gasteiger partial charge in [0, 0.05) is 24.9 Å². The minimum Gasteiger partial charge on any atom is -0.375 e. The van der Waals surface area contributed by atoms with E-state index in [-0.39, 0.29) is 11.8 Å². The topological polar surface area (TPSA) is 70.2 Å². The minimum absolute atomic E-state index is 0.166. The van der Waals surface area contributed by atoms with E-state index in [1.54, 1.807) is 0 Å². The molecule has 0 aliphatic carbocycles. The second kappa shape index (κ2) is 6.15. The van der Waals surface area contributed by atoms with Gasteiger partial charge in [0.2, 0.25) is 11.8 Å². The van der Waals surface area contributed by atoms with Crippen molar-refractivity contribution in [3.05, 3.63) is 42.0 Å². The first-order valence-corrected chi connectivity index (χ1v) is 8.28. The van der Waals surface area contributed by atoms with E-state index in [1.807, 2.05) is 12.1 Å². The fourth-order valence-corrected chi connectivity index (χ4v) is 3.63. The van der Waals surface area contributed by atoms with Crippen molar-refractivity contribution in [2.75, 3.05) is 5.32 Å². The summed E-state index contributed by atoms with van der Waals surface area (Å²) in [6.07, 6.45) is 0.993. The van der Waals surface area contributed by atoms with Crippen LogP contribution in [0.15, 0.2) is 36.4 Å². The van der Waals surface area contributed by atoms with E-state index in [2.05, 4.69) is 47.1 Å². The number of nitrogens with one attached hydrogen (secondary N) is 3. The van der Waals surface area contributed by atoms with E-state index in [1.165, 1.54) is 30.2 Å². The van der Waals surface area contributed by atoms with Gasteiger partial charge in [0.15, 0.2) is 0 Å². The van der Waals surface area contributed by atoms with Crippen LogP contribution in [0.2, 0.25) is 0 Å². The van der Waals surface area contributed by atoms with Gasteiger partial charge in [-0.05, 0) is 29.9 Å². The lowest BCUT2D eigenvalue weighted by Gasteiger charge is -2.45. The highest BCUT2D eigenvalue weighted by atomic mass is 16.2. The summed E-state index contributed by atoms with van der Waals surface area (Å²) in [4.78, 5) is 23.4. The highest BCUT2D eigenvalue weighted by Crippen LogP contribution is 2.38. The largest absolute Gasteiger partial charge is 0.375 e. The molecule has 1 heterocycles. The van der Waals surface area contributed by atoms with Crippen LogP contribution in [0.3, 0.4) is 0 Å². The van der Waals surface area contributed by atoms with Gasteiger partial charge < -0.3 is 16.0 Å². The highest BCUT2D eigenvalue weighted by molar-refractivity contribution is 5.98. The molecule has 126 valence electrons. The maximum Gasteiger partial charge on any atom is 0.218 e. The molecule has 1 atom stereocenters. The second-order valence-corrected chi connectivity index (χ2v) is 6.47. The third-order valence-corrected chi connectivity index (χ3v) is 4.76. The molecule has 0 fully saturated rings. The van der Waals surface area contributed by atoms with Gasteiger partial charge in [0.05, 0.1) is 5.54 Å². The third-order valence-electron chi connectivity index (χ3n) is 4.76.